The zero-order valence-electron chi connectivity index (χ0n) is 14.3. The summed E-state index contributed by atoms with van der Waals surface area (Å²) in [4.78, 5) is 4.68. The molecule has 4 nitrogen and oxygen atoms in total. The Morgan fingerprint density at radius 2 is 2.04 bits per heavy atom. The van der Waals surface area contributed by atoms with E-state index in [1.54, 1.807) is 7.11 Å². The number of hydrogen-bond donors (Lipinski definition) is 2. The number of nitrogens with zero attached hydrogens (tertiary/aromatic N) is 1. The Bertz CT molecular complexity index is 535. The average Bonchev–Trinajstić information content (AvgIpc) is 3.02. The maximum absolute atomic E-state index is 5.37. The molecule has 5 heteroatoms. The van der Waals surface area contributed by atoms with Gasteiger partial charge in [0.15, 0.2) is 5.96 Å². The van der Waals surface area contributed by atoms with Gasteiger partial charge in [0.05, 0.1) is 7.11 Å². The molecule has 0 amide bonds. The lowest BCUT2D eigenvalue weighted by Gasteiger charge is -2.16. The van der Waals surface area contributed by atoms with E-state index in [0.29, 0.717) is 6.04 Å². The normalized spacial score (nSPS) is 14.5. The number of methoxy groups -OCH3 is 1. The van der Waals surface area contributed by atoms with Crippen LogP contribution in [0.2, 0.25) is 0 Å². The minimum atomic E-state index is 0. The Balaban J connectivity index is 0.00000264. The average molecular weight is 429 g/mol. The molecule has 0 bridgehead atoms. The number of benzene rings is 1. The molecule has 0 aliphatic heterocycles. The number of aliphatic imine (C=N–C) groups is 1. The van der Waals surface area contributed by atoms with Crippen molar-refractivity contribution in [2.75, 3.05) is 20.2 Å². The number of aryl methyl sites for hydroxylation is 1. The Labute approximate surface area is 156 Å². The lowest BCUT2D eigenvalue weighted by atomic mass is 10.1. The number of hydrogen-bond acceptors (Lipinski definition) is 2. The molecule has 0 saturated carbocycles. The van der Waals surface area contributed by atoms with E-state index >= 15 is 0 Å². The van der Waals surface area contributed by atoms with E-state index in [0.717, 1.165) is 44.1 Å². The molecule has 0 fully saturated rings. The van der Waals surface area contributed by atoms with E-state index in [4.69, 9.17) is 4.74 Å². The summed E-state index contributed by atoms with van der Waals surface area (Å²) in [6.07, 6.45) is 7.52. The van der Waals surface area contributed by atoms with Crippen LogP contribution >= 0.6 is 24.0 Å². The molecule has 1 aromatic carbocycles. The quantitative estimate of drug-likeness (QED) is 0.315. The van der Waals surface area contributed by atoms with Gasteiger partial charge in [-0.15, -0.1) is 24.0 Å². The Morgan fingerprint density at radius 1 is 1.30 bits per heavy atom. The predicted molar refractivity (Wildman–Crippen MR) is 108 cm³/mol. The molecule has 128 valence electrons. The van der Waals surface area contributed by atoms with Crippen LogP contribution in [0.15, 0.2) is 35.3 Å². The molecular formula is C18H28IN3O. The summed E-state index contributed by atoms with van der Waals surface area (Å²) < 4.78 is 5.37. The molecule has 1 aliphatic rings. The van der Waals surface area contributed by atoms with Gasteiger partial charge in [-0.1, -0.05) is 24.3 Å². The van der Waals surface area contributed by atoms with Crippen molar-refractivity contribution in [2.45, 2.75) is 39.2 Å². The first-order valence-electron chi connectivity index (χ1n) is 8.06. The molecule has 1 aromatic rings. The van der Waals surface area contributed by atoms with Crippen molar-refractivity contribution in [3.05, 3.63) is 41.5 Å². The van der Waals surface area contributed by atoms with Gasteiger partial charge >= 0.3 is 0 Å². The molecule has 0 spiro atoms. The molecule has 1 aliphatic carbocycles. The predicted octanol–water partition coefficient (Wildman–Crippen LogP) is 3.44. The van der Waals surface area contributed by atoms with Crippen molar-refractivity contribution >= 4 is 29.9 Å². The third kappa shape index (κ3) is 6.41. The minimum absolute atomic E-state index is 0. The smallest absolute Gasteiger partial charge is 0.191 e. The van der Waals surface area contributed by atoms with E-state index in [1.165, 1.54) is 11.1 Å². The lowest BCUT2D eigenvalue weighted by Crippen LogP contribution is -2.42. The fraction of sp³-hybridized carbons (Fsp3) is 0.500. The fourth-order valence-electron chi connectivity index (χ4n) is 2.57. The third-order valence-electron chi connectivity index (χ3n) is 3.84. The van der Waals surface area contributed by atoms with Gasteiger partial charge in [0.25, 0.3) is 0 Å². The summed E-state index contributed by atoms with van der Waals surface area (Å²) in [7, 11) is 1.72. The summed E-state index contributed by atoms with van der Waals surface area (Å²) in [5.41, 5.74) is 2.42. The van der Waals surface area contributed by atoms with E-state index in [-0.39, 0.29) is 24.0 Å². The number of ether oxygens (including phenoxy) is 1. The second kappa shape index (κ2) is 10.5. The highest BCUT2D eigenvalue weighted by molar-refractivity contribution is 14.0. The highest BCUT2D eigenvalue weighted by atomic mass is 127. The standard InChI is InChI=1S/C18H27N3O.HI/c1-4-19-18(21-16-7-5-6-8-16)20-12-11-15-10-9-14(2)17(13-15)22-3;/h5-6,9-10,13,16H,4,7-8,11-12H2,1-3H3,(H2,19,20,21);1H. The number of guanidine groups is 1. The van der Waals surface area contributed by atoms with E-state index in [2.05, 4.69) is 59.8 Å². The molecule has 0 saturated heterocycles. The Kier molecular flexibility index (Phi) is 9.06. The number of halogens is 1. The van der Waals surface area contributed by atoms with Gasteiger partial charge in [0, 0.05) is 19.1 Å². The van der Waals surface area contributed by atoms with Gasteiger partial charge in [0.1, 0.15) is 5.75 Å². The van der Waals surface area contributed by atoms with Crippen LogP contribution in [-0.2, 0) is 6.42 Å². The van der Waals surface area contributed by atoms with Crippen LogP contribution in [0.25, 0.3) is 0 Å². The topological polar surface area (TPSA) is 45.7 Å². The summed E-state index contributed by atoms with van der Waals surface area (Å²) in [6, 6.07) is 6.84. The van der Waals surface area contributed by atoms with Gasteiger partial charge in [0.2, 0.25) is 0 Å². The van der Waals surface area contributed by atoms with Crippen molar-refractivity contribution in [3.8, 4) is 5.75 Å². The maximum Gasteiger partial charge on any atom is 0.191 e. The molecule has 0 heterocycles. The zero-order chi connectivity index (χ0) is 15.8. The van der Waals surface area contributed by atoms with Gasteiger partial charge in [-0.2, -0.15) is 0 Å². The summed E-state index contributed by atoms with van der Waals surface area (Å²) in [5, 5.41) is 6.80. The molecule has 2 rings (SSSR count). The highest BCUT2D eigenvalue weighted by Crippen LogP contribution is 2.19. The van der Waals surface area contributed by atoms with E-state index in [9.17, 15) is 0 Å². The van der Waals surface area contributed by atoms with Gasteiger partial charge in [-0.25, -0.2) is 0 Å². The van der Waals surface area contributed by atoms with Crippen LogP contribution in [-0.4, -0.2) is 32.2 Å². The Hall–Kier alpha value is -1.24. The van der Waals surface area contributed by atoms with E-state index in [1.807, 2.05) is 0 Å². The number of nitrogens with one attached hydrogen (secondary N) is 2. The molecule has 0 atom stereocenters. The van der Waals surface area contributed by atoms with Crippen LogP contribution in [0.4, 0.5) is 0 Å². The maximum atomic E-state index is 5.37. The third-order valence-corrected chi connectivity index (χ3v) is 3.84. The summed E-state index contributed by atoms with van der Waals surface area (Å²) in [6.45, 7) is 5.80. The molecule has 0 radical (unpaired) electrons. The monoisotopic (exact) mass is 429 g/mol. The first-order chi connectivity index (χ1) is 10.7. The largest absolute Gasteiger partial charge is 0.496 e. The SMILES string of the molecule is CCNC(=NCCc1ccc(C)c(OC)c1)NC1CC=CC1.I. The first kappa shape index (κ1) is 19.8. The molecule has 0 aromatic heterocycles. The van der Waals surface area contributed by atoms with E-state index < -0.39 is 0 Å². The van der Waals surface area contributed by atoms with Crippen LogP contribution in [0.1, 0.15) is 30.9 Å². The molecular weight excluding hydrogens is 401 g/mol. The van der Waals surface area contributed by atoms with Crippen molar-refractivity contribution in [2.24, 2.45) is 4.99 Å². The number of rotatable bonds is 6. The van der Waals surface area contributed by atoms with Crippen molar-refractivity contribution in [1.82, 2.24) is 10.6 Å². The first-order valence-corrected chi connectivity index (χ1v) is 8.06. The van der Waals surface area contributed by atoms with Gasteiger partial charge < -0.3 is 15.4 Å². The second-order valence-electron chi connectivity index (χ2n) is 5.60. The van der Waals surface area contributed by atoms with Crippen molar-refractivity contribution < 1.29 is 4.74 Å². The minimum Gasteiger partial charge on any atom is -0.496 e. The van der Waals surface area contributed by atoms with Crippen LogP contribution < -0.4 is 15.4 Å². The van der Waals surface area contributed by atoms with Gasteiger partial charge in [-0.05, 0) is 50.3 Å². The van der Waals surface area contributed by atoms with Crippen LogP contribution in [0, 0.1) is 6.92 Å². The second-order valence-corrected chi connectivity index (χ2v) is 5.60. The van der Waals surface area contributed by atoms with Crippen LogP contribution in [0.3, 0.4) is 0 Å². The molecule has 0 unspecified atom stereocenters. The summed E-state index contributed by atoms with van der Waals surface area (Å²) >= 11 is 0. The summed E-state index contributed by atoms with van der Waals surface area (Å²) in [5.74, 6) is 1.86. The van der Waals surface area contributed by atoms with Crippen molar-refractivity contribution in [1.29, 1.82) is 0 Å². The Morgan fingerprint density at radius 3 is 2.70 bits per heavy atom. The highest BCUT2D eigenvalue weighted by Gasteiger charge is 2.11. The lowest BCUT2D eigenvalue weighted by molar-refractivity contribution is 0.411. The molecule has 23 heavy (non-hydrogen) atoms. The van der Waals surface area contributed by atoms with Crippen LogP contribution in [0.5, 0.6) is 5.75 Å². The zero-order valence-corrected chi connectivity index (χ0v) is 16.6. The molecule has 2 N–H and O–H groups in total. The van der Waals surface area contributed by atoms with Gasteiger partial charge in [-0.3, -0.25) is 4.99 Å². The van der Waals surface area contributed by atoms with Crippen molar-refractivity contribution in [3.63, 3.8) is 0 Å². The fourth-order valence-corrected chi connectivity index (χ4v) is 2.57.